The maximum Gasteiger partial charge on any atom is 0.274 e. The summed E-state index contributed by atoms with van der Waals surface area (Å²) >= 11 is 0. The van der Waals surface area contributed by atoms with Crippen molar-refractivity contribution in [2.45, 2.75) is 43.6 Å². The molecule has 0 radical (unpaired) electrons. The van der Waals surface area contributed by atoms with Crippen molar-refractivity contribution in [3.8, 4) is 11.5 Å². The molecule has 15 N–H and O–H groups in total. The molecule has 1 aliphatic heterocycles. The highest BCUT2D eigenvalue weighted by Crippen LogP contribution is 2.47. The van der Waals surface area contributed by atoms with Gasteiger partial charge in [0.1, 0.15) is 17.5 Å². The number of hydrogen-bond donors (Lipinski definition) is 11. The lowest BCUT2D eigenvalue weighted by atomic mass is 9.78. The van der Waals surface area contributed by atoms with E-state index in [1.807, 2.05) is 0 Å². The molecule has 1 heterocycles. The first-order valence-electron chi connectivity index (χ1n) is 15.8. The van der Waals surface area contributed by atoms with Gasteiger partial charge in [0.2, 0.25) is 17.5 Å². The van der Waals surface area contributed by atoms with Crippen LogP contribution in [0.25, 0.3) is 12.2 Å². The van der Waals surface area contributed by atoms with E-state index in [-0.39, 0.29) is 55.8 Å². The van der Waals surface area contributed by atoms with Crippen LogP contribution in [0.2, 0.25) is 0 Å². The van der Waals surface area contributed by atoms with Crippen LogP contribution >= 0.6 is 0 Å². The summed E-state index contributed by atoms with van der Waals surface area (Å²) in [6, 6.07) is 10.6. The number of amides is 4. The van der Waals surface area contributed by atoms with Crippen molar-refractivity contribution in [1.29, 1.82) is 0 Å². The van der Waals surface area contributed by atoms with Gasteiger partial charge in [-0.05, 0) is 73.7 Å². The number of guanidine groups is 2. The summed E-state index contributed by atoms with van der Waals surface area (Å²) in [4.78, 5) is 62.4. The molecule has 2 aromatic carbocycles. The molecule has 51 heavy (non-hydrogen) atoms. The third-order valence-corrected chi connectivity index (χ3v) is 8.06. The fourth-order valence-electron chi connectivity index (χ4n) is 5.55. The van der Waals surface area contributed by atoms with Crippen LogP contribution in [0.4, 0.5) is 0 Å². The molecule has 2 aromatic rings. The van der Waals surface area contributed by atoms with E-state index in [4.69, 9.17) is 22.9 Å². The molecule has 18 heteroatoms. The van der Waals surface area contributed by atoms with Crippen LogP contribution in [0.5, 0.6) is 11.5 Å². The number of phenols is 2. The Hall–Kier alpha value is -6.14. The lowest BCUT2D eigenvalue weighted by molar-refractivity contribution is -0.179. The number of carbonyl (C=O) groups excluding carboxylic acids is 4. The van der Waals surface area contributed by atoms with Crippen molar-refractivity contribution >= 4 is 47.7 Å². The molecule has 4 amide bonds. The molecule has 4 unspecified atom stereocenters. The first-order chi connectivity index (χ1) is 24.1. The number of benzene rings is 2. The van der Waals surface area contributed by atoms with E-state index in [1.54, 1.807) is 24.3 Å². The zero-order valence-corrected chi connectivity index (χ0v) is 27.9. The highest BCUT2D eigenvalue weighted by Gasteiger charge is 2.70. The summed E-state index contributed by atoms with van der Waals surface area (Å²) in [5.74, 6) is -6.05. The molecule has 1 saturated heterocycles. The number of hydrogen-bond acceptors (Lipinski definition) is 10. The fraction of sp³-hybridized carbons (Fsp3) is 0.333. The molecule has 3 rings (SSSR count). The van der Waals surface area contributed by atoms with E-state index in [1.165, 1.54) is 55.7 Å². The van der Waals surface area contributed by atoms with Crippen LogP contribution in [-0.4, -0.2) is 97.9 Å². The normalized spacial score (nSPS) is 20.6. The zero-order valence-electron chi connectivity index (χ0n) is 27.9. The molecule has 1 aliphatic rings. The molecular weight excluding hydrogens is 664 g/mol. The van der Waals surface area contributed by atoms with Gasteiger partial charge in [-0.25, -0.2) is 0 Å². The minimum Gasteiger partial charge on any atom is -0.508 e. The SMILES string of the molecule is CC(C(=O)NC=Cc1ccc(O)cc1)N1C(=O)C(O)(CCCN=C(N)N)C(CCN=C(N)N)C1(O)C(=O)NCC(=O)NC=Cc1ccc(O)cc1. The number of phenolic OH excluding ortho intramolecular Hbond substituents is 2. The second kappa shape index (κ2) is 17.5. The Balaban J connectivity index is 1.92. The molecule has 0 aromatic heterocycles. The molecule has 1 fully saturated rings. The smallest absolute Gasteiger partial charge is 0.274 e. The molecular formula is C33H44N10O8. The van der Waals surface area contributed by atoms with Gasteiger partial charge in [0, 0.05) is 25.5 Å². The monoisotopic (exact) mass is 708 g/mol. The number of aliphatic hydroxyl groups is 2. The van der Waals surface area contributed by atoms with Gasteiger partial charge in [-0.3, -0.25) is 34.1 Å². The Morgan fingerprint density at radius 3 is 1.90 bits per heavy atom. The Morgan fingerprint density at radius 2 is 1.37 bits per heavy atom. The van der Waals surface area contributed by atoms with Crippen LogP contribution < -0.4 is 38.9 Å². The van der Waals surface area contributed by atoms with E-state index in [2.05, 4.69) is 25.9 Å². The van der Waals surface area contributed by atoms with Crippen molar-refractivity contribution in [3.63, 3.8) is 0 Å². The predicted molar refractivity (Wildman–Crippen MR) is 188 cm³/mol. The van der Waals surface area contributed by atoms with Crippen molar-refractivity contribution in [3.05, 3.63) is 72.1 Å². The lowest BCUT2D eigenvalue weighted by Gasteiger charge is -2.38. The largest absolute Gasteiger partial charge is 0.508 e. The van der Waals surface area contributed by atoms with E-state index in [0.29, 0.717) is 16.0 Å². The van der Waals surface area contributed by atoms with Gasteiger partial charge in [0.05, 0.1) is 12.5 Å². The highest BCUT2D eigenvalue weighted by molar-refractivity contribution is 6.02. The molecule has 0 saturated carbocycles. The standard InChI is InChI=1S/C33H44N10O8/c1-20(27(47)39-17-12-22-5-9-24(45)10-6-22)43-29(49)32(50,14-2-15-40-30(34)35)25(13-18-41-31(36)37)33(43,51)28(48)42-19-26(46)38-16-11-21-3-7-23(44)8-4-21/h3-12,16-17,20,25,44-45,50-51H,2,13-15,18-19H2,1H3,(H,38,46)(H,39,47)(H,42,48)(H4,34,35,40)(H4,36,37,41). The molecule has 18 nitrogen and oxygen atoms in total. The third kappa shape index (κ3) is 10.2. The molecule has 0 aliphatic carbocycles. The number of nitrogens with two attached hydrogens (primary N) is 4. The minimum atomic E-state index is -2.90. The Labute approximate surface area is 293 Å². The number of aromatic hydroxyl groups is 2. The summed E-state index contributed by atoms with van der Waals surface area (Å²) in [5, 5.41) is 50.4. The van der Waals surface area contributed by atoms with Crippen LogP contribution in [0, 0.1) is 5.92 Å². The predicted octanol–water partition coefficient (Wildman–Crippen LogP) is -1.93. The summed E-state index contributed by atoms with van der Waals surface area (Å²) in [7, 11) is 0. The second-order valence-electron chi connectivity index (χ2n) is 11.7. The van der Waals surface area contributed by atoms with E-state index in [0.717, 1.165) is 0 Å². The van der Waals surface area contributed by atoms with Crippen LogP contribution in [-0.2, 0) is 19.2 Å². The number of nitrogens with one attached hydrogen (secondary N) is 3. The van der Waals surface area contributed by atoms with E-state index >= 15 is 0 Å². The van der Waals surface area contributed by atoms with Crippen LogP contribution in [0.1, 0.15) is 37.3 Å². The molecule has 4 atom stereocenters. The van der Waals surface area contributed by atoms with Gasteiger partial charge in [0.15, 0.2) is 17.5 Å². The Bertz CT molecular complexity index is 1670. The van der Waals surface area contributed by atoms with Crippen LogP contribution in [0.3, 0.4) is 0 Å². The van der Waals surface area contributed by atoms with Gasteiger partial charge < -0.3 is 59.3 Å². The Morgan fingerprint density at radius 1 is 0.863 bits per heavy atom. The second-order valence-corrected chi connectivity index (χ2v) is 11.7. The minimum absolute atomic E-state index is 0.0148. The number of nitrogens with zero attached hydrogens (tertiary/aromatic N) is 3. The lowest BCUT2D eigenvalue weighted by Crippen LogP contribution is -2.64. The summed E-state index contributed by atoms with van der Waals surface area (Å²) in [5.41, 5.74) is 17.7. The number of likely N-dealkylation sites (tertiary alicyclic amines) is 1. The average molecular weight is 709 g/mol. The number of carbonyl (C=O) groups is 4. The first kappa shape index (κ1) is 39.3. The van der Waals surface area contributed by atoms with Crippen molar-refractivity contribution in [1.82, 2.24) is 20.9 Å². The van der Waals surface area contributed by atoms with Crippen molar-refractivity contribution in [2.24, 2.45) is 38.8 Å². The van der Waals surface area contributed by atoms with Crippen molar-refractivity contribution < 1.29 is 39.6 Å². The maximum atomic E-state index is 14.1. The quantitative estimate of drug-likeness (QED) is 0.0516. The third-order valence-electron chi connectivity index (χ3n) is 8.06. The van der Waals surface area contributed by atoms with E-state index in [9.17, 15) is 39.6 Å². The summed E-state index contributed by atoms with van der Waals surface area (Å²) in [6.07, 6.45) is 4.95. The fourth-order valence-corrected chi connectivity index (χ4v) is 5.55. The molecule has 274 valence electrons. The molecule has 0 bridgehead atoms. The number of rotatable bonds is 16. The highest BCUT2D eigenvalue weighted by atomic mass is 16.4. The first-order valence-corrected chi connectivity index (χ1v) is 15.8. The van der Waals surface area contributed by atoms with Crippen molar-refractivity contribution in [2.75, 3.05) is 19.6 Å². The average Bonchev–Trinajstić information content (AvgIpc) is 3.25. The van der Waals surface area contributed by atoms with Crippen LogP contribution in [0.15, 0.2) is 70.9 Å². The van der Waals surface area contributed by atoms with Gasteiger partial charge >= 0.3 is 0 Å². The summed E-state index contributed by atoms with van der Waals surface area (Å²) in [6.45, 7) is 0.318. The zero-order chi connectivity index (χ0) is 37.8. The Kier molecular flexibility index (Phi) is 13.5. The van der Waals surface area contributed by atoms with Gasteiger partial charge in [-0.1, -0.05) is 24.3 Å². The van der Waals surface area contributed by atoms with Gasteiger partial charge in [-0.15, -0.1) is 0 Å². The maximum absolute atomic E-state index is 14.1. The van der Waals surface area contributed by atoms with Gasteiger partial charge in [0.25, 0.3) is 11.8 Å². The number of aliphatic imine (C=N–C) groups is 2. The topological polar surface area (TPSA) is 317 Å². The molecule has 0 spiro atoms. The van der Waals surface area contributed by atoms with E-state index < -0.39 is 53.5 Å². The summed E-state index contributed by atoms with van der Waals surface area (Å²) < 4.78 is 0. The van der Waals surface area contributed by atoms with Gasteiger partial charge in [-0.2, -0.15) is 0 Å².